The summed E-state index contributed by atoms with van der Waals surface area (Å²) < 4.78 is 30.0. The van der Waals surface area contributed by atoms with Crippen LogP contribution < -0.4 is 4.90 Å². The molecule has 1 saturated heterocycles. The Morgan fingerprint density at radius 3 is 2.21 bits per heavy atom. The molecule has 0 radical (unpaired) electrons. The van der Waals surface area contributed by atoms with Gasteiger partial charge in [-0.1, -0.05) is 48.5 Å². The van der Waals surface area contributed by atoms with Crippen molar-refractivity contribution in [2.24, 2.45) is 0 Å². The number of benzene rings is 3. The highest BCUT2D eigenvalue weighted by molar-refractivity contribution is 5.46. The van der Waals surface area contributed by atoms with E-state index in [0.717, 1.165) is 24.3 Å². The highest BCUT2D eigenvalue weighted by atomic mass is 19.1. The molecule has 1 aromatic heterocycles. The zero-order valence-electron chi connectivity index (χ0n) is 18.1. The number of piperazine rings is 1. The molecule has 1 atom stereocenters. The first-order valence-corrected chi connectivity index (χ1v) is 11.0. The summed E-state index contributed by atoms with van der Waals surface area (Å²) in [5, 5.41) is 12.5. The molecule has 3 aromatic carbocycles. The van der Waals surface area contributed by atoms with E-state index in [4.69, 9.17) is 0 Å². The lowest BCUT2D eigenvalue weighted by Gasteiger charge is -2.40. The van der Waals surface area contributed by atoms with Gasteiger partial charge >= 0.3 is 0 Å². The van der Waals surface area contributed by atoms with Crippen molar-refractivity contribution in [1.29, 1.82) is 0 Å². The molecular weight excluding hydrogens is 422 g/mol. The Morgan fingerprint density at radius 1 is 0.788 bits per heavy atom. The van der Waals surface area contributed by atoms with Crippen LogP contribution in [-0.4, -0.2) is 51.3 Å². The van der Waals surface area contributed by atoms with Gasteiger partial charge in [-0.05, 0) is 46.3 Å². The predicted octanol–water partition coefficient (Wildman–Crippen LogP) is 3.91. The predicted molar refractivity (Wildman–Crippen MR) is 122 cm³/mol. The van der Waals surface area contributed by atoms with E-state index < -0.39 is 6.04 Å². The monoisotopic (exact) mass is 446 g/mol. The standard InChI is InChI=1S/C25H24F2N6/c26-20-10-12-21(13-11-20)31-14-16-32(17-15-31)24(22-8-4-5-9-23(22)27)25-28-29-30-33(25)18-19-6-2-1-3-7-19/h1-13,24H,14-18H2/t24-/m1/s1. The minimum Gasteiger partial charge on any atom is -0.369 e. The number of nitrogens with zero attached hydrogens (tertiary/aromatic N) is 6. The lowest BCUT2D eigenvalue weighted by Crippen LogP contribution is -2.48. The van der Waals surface area contributed by atoms with Crippen LogP contribution in [-0.2, 0) is 6.54 Å². The van der Waals surface area contributed by atoms with Gasteiger partial charge < -0.3 is 4.90 Å². The van der Waals surface area contributed by atoms with Gasteiger partial charge in [0.1, 0.15) is 17.7 Å². The van der Waals surface area contributed by atoms with Crippen LogP contribution in [0.4, 0.5) is 14.5 Å². The van der Waals surface area contributed by atoms with Crippen molar-refractivity contribution in [3.05, 3.63) is 107 Å². The second-order valence-corrected chi connectivity index (χ2v) is 8.10. The summed E-state index contributed by atoms with van der Waals surface area (Å²) in [5.74, 6) is 0.0826. The van der Waals surface area contributed by atoms with Crippen LogP contribution in [0.1, 0.15) is 23.0 Å². The zero-order chi connectivity index (χ0) is 22.6. The van der Waals surface area contributed by atoms with Crippen LogP contribution >= 0.6 is 0 Å². The third-order valence-corrected chi connectivity index (χ3v) is 6.05. The van der Waals surface area contributed by atoms with Crippen molar-refractivity contribution < 1.29 is 8.78 Å². The van der Waals surface area contributed by atoms with Crippen LogP contribution in [0.3, 0.4) is 0 Å². The first kappa shape index (κ1) is 21.2. The third-order valence-electron chi connectivity index (χ3n) is 6.05. The van der Waals surface area contributed by atoms with E-state index in [1.807, 2.05) is 36.4 Å². The first-order valence-electron chi connectivity index (χ1n) is 11.0. The van der Waals surface area contributed by atoms with Gasteiger partial charge in [-0.3, -0.25) is 4.90 Å². The lowest BCUT2D eigenvalue weighted by atomic mass is 10.0. The van der Waals surface area contributed by atoms with Gasteiger partial charge in [0.15, 0.2) is 5.82 Å². The van der Waals surface area contributed by atoms with Gasteiger partial charge in [-0.2, -0.15) is 0 Å². The Balaban J connectivity index is 1.43. The average Bonchev–Trinajstić information content (AvgIpc) is 3.30. The number of anilines is 1. The van der Waals surface area contributed by atoms with E-state index in [0.29, 0.717) is 31.0 Å². The second-order valence-electron chi connectivity index (χ2n) is 8.10. The number of halogens is 2. The largest absolute Gasteiger partial charge is 0.369 e. The van der Waals surface area contributed by atoms with Crippen LogP contribution in [0.25, 0.3) is 0 Å². The normalized spacial score (nSPS) is 15.5. The molecule has 1 fully saturated rings. The van der Waals surface area contributed by atoms with E-state index in [1.54, 1.807) is 28.9 Å². The highest BCUT2D eigenvalue weighted by Crippen LogP contribution is 2.31. The maximum absolute atomic E-state index is 15.0. The molecule has 4 aromatic rings. The van der Waals surface area contributed by atoms with E-state index in [1.165, 1.54) is 18.2 Å². The van der Waals surface area contributed by atoms with Crippen molar-refractivity contribution in [1.82, 2.24) is 25.1 Å². The summed E-state index contributed by atoms with van der Waals surface area (Å²) in [6, 6.07) is 22.9. The van der Waals surface area contributed by atoms with Gasteiger partial charge in [-0.15, -0.1) is 5.10 Å². The van der Waals surface area contributed by atoms with E-state index in [2.05, 4.69) is 25.3 Å². The van der Waals surface area contributed by atoms with Gasteiger partial charge in [-0.25, -0.2) is 13.5 Å². The average molecular weight is 447 g/mol. The van der Waals surface area contributed by atoms with E-state index in [-0.39, 0.29) is 11.6 Å². The van der Waals surface area contributed by atoms with Gasteiger partial charge in [0.05, 0.1) is 6.54 Å². The van der Waals surface area contributed by atoms with Crippen LogP contribution in [0.15, 0.2) is 78.9 Å². The summed E-state index contributed by atoms with van der Waals surface area (Å²) >= 11 is 0. The van der Waals surface area contributed by atoms with Crippen molar-refractivity contribution in [3.63, 3.8) is 0 Å². The fourth-order valence-corrected chi connectivity index (χ4v) is 4.36. The number of rotatable bonds is 6. The van der Waals surface area contributed by atoms with Gasteiger partial charge in [0, 0.05) is 37.4 Å². The number of tetrazole rings is 1. The van der Waals surface area contributed by atoms with Crippen LogP contribution in [0.2, 0.25) is 0 Å². The molecule has 33 heavy (non-hydrogen) atoms. The maximum atomic E-state index is 15.0. The molecule has 1 aliphatic rings. The van der Waals surface area contributed by atoms with Crippen molar-refractivity contribution in [2.75, 3.05) is 31.1 Å². The zero-order valence-corrected chi connectivity index (χ0v) is 18.1. The molecule has 0 aliphatic carbocycles. The fourth-order valence-electron chi connectivity index (χ4n) is 4.36. The minimum absolute atomic E-state index is 0.248. The summed E-state index contributed by atoms with van der Waals surface area (Å²) in [6.07, 6.45) is 0. The maximum Gasteiger partial charge on any atom is 0.173 e. The Hall–Kier alpha value is -3.65. The summed E-state index contributed by atoms with van der Waals surface area (Å²) in [4.78, 5) is 4.42. The molecule has 5 rings (SSSR count). The van der Waals surface area contributed by atoms with Crippen molar-refractivity contribution in [2.45, 2.75) is 12.6 Å². The molecule has 0 N–H and O–H groups in total. The first-order chi connectivity index (χ1) is 16.2. The quantitative estimate of drug-likeness (QED) is 0.450. The van der Waals surface area contributed by atoms with Crippen molar-refractivity contribution >= 4 is 5.69 Å². The summed E-state index contributed by atoms with van der Waals surface area (Å²) in [6.45, 7) is 3.35. The molecule has 0 spiro atoms. The Kier molecular flexibility index (Phi) is 6.08. The second kappa shape index (κ2) is 9.46. The molecule has 0 saturated carbocycles. The topological polar surface area (TPSA) is 50.1 Å². The molecule has 8 heteroatoms. The van der Waals surface area contributed by atoms with E-state index >= 15 is 0 Å². The fraction of sp³-hybridized carbons (Fsp3) is 0.240. The molecule has 1 aliphatic heterocycles. The number of hydrogen-bond acceptors (Lipinski definition) is 5. The highest BCUT2D eigenvalue weighted by Gasteiger charge is 2.32. The van der Waals surface area contributed by atoms with E-state index in [9.17, 15) is 8.78 Å². The molecule has 0 unspecified atom stereocenters. The minimum atomic E-state index is -0.416. The third kappa shape index (κ3) is 4.61. The number of aromatic nitrogens is 4. The SMILES string of the molecule is Fc1ccc(N2CCN([C@H](c3ccccc3F)c3nnnn3Cc3ccccc3)CC2)cc1. The Morgan fingerprint density at radius 2 is 1.48 bits per heavy atom. The lowest BCUT2D eigenvalue weighted by molar-refractivity contribution is 0.198. The molecule has 168 valence electrons. The Bertz CT molecular complexity index is 1190. The molecule has 6 nitrogen and oxygen atoms in total. The molecule has 2 heterocycles. The van der Waals surface area contributed by atoms with Crippen LogP contribution in [0, 0.1) is 11.6 Å². The van der Waals surface area contributed by atoms with Crippen LogP contribution in [0.5, 0.6) is 0 Å². The smallest absolute Gasteiger partial charge is 0.173 e. The van der Waals surface area contributed by atoms with Crippen molar-refractivity contribution in [3.8, 4) is 0 Å². The molecular formula is C25H24F2N6. The molecule has 0 bridgehead atoms. The summed E-state index contributed by atoms with van der Waals surface area (Å²) in [7, 11) is 0. The number of hydrogen-bond donors (Lipinski definition) is 0. The molecule has 0 amide bonds. The Labute approximate surface area is 191 Å². The van der Waals surface area contributed by atoms with Gasteiger partial charge in [0.2, 0.25) is 0 Å². The summed E-state index contributed by atoms with van der Waals surface area (Å²) in [5.41, 5.74) is 2.60. The van der Waals surface area contributed by atoms with Gasteiger partial charge in [0.25, 0.3) is 0 Å².